The molecule has 0 aliphatic heterocycles. The molecule has 0 heterocycles. The van der Waals surface area contributed by atoms with Crippen LogP contribution in [0.1, 0.15) is 29.3 Å². The molecule has 1 amide bonds. The molecule has 0 aliphatic carbocycles. The number of carbonyl (C=O) groups is 1. The lowest BCUT2D eigenvalue weighted by atomic mass is 10.1. The van der Waals surface area contributed by atoms with Gasteiger partial charge in [0.05, 0.1) is 11.5 Å². The van der Waals surface area contributed by atoms with Crippen LogP contribution in [0.4, 0.5) is 5.69 Å². The van der Waals surface area contributed by atoms with Gasteiger partial charge in [0.2, 0.25) is 0 Å². The average molecular weight is 345 g/mol. The molecule has 7 heteroatoms. The van der Waals surface area contributed by atoms with Gasteiger partial charge < -0.3 is 10.0 Å². The summed E-state index contributed by atoms with van der Waals surface area (Å²) in [7, 11) is 0. The van der Waals surface area contributed by atoms with Gasteiger partial charge >= 0.3 is 0 Å². The molecular weight excluding hydrogens is 328 g/mol. The lowest BCUT2D eigenvalue weighted by molar-refractivity contribution is -0.385. The highest BCUT2D eigenvalue weighted by atomic mass is 79.9. The maximum Gasteiger partial charge on any atom is 0.274 e. The third kappa shape index (κ3) is 3.77. The Morgan fingerprint density at radius 3 is 2.60 bits per heavy atom. The van der Waals surface area contributed by atoms with Gasteiger partial charge in [-0.05, 0) is 19.4 Å². The van der Waals surface area contributed by atoms with Gasteiger partial charge in [0, 0.05) is 34.8 Å². The van der Waals surface area contributed by atoms with E-state index in [9.17, 15) is 14.9 Å². The fourth-order valence-electron chi connectivity index (χ4n) is 1.87. The number of nitro benzene ring substituents is 1. The minimum atomic E-state index is -0.507. The third-order valence-electron chi connectivity index (χ3n) is 2.91. The molecule has 20 heavy (non-hydrogen) atoms. The van der Waals surface area contributed by atoms with Crippen molar-refractivity contribution in [2.45, 2.75) is 20.3 Å². The van der Waals surface area contributed by atoms with E-state index in [1.165, 1.54) is 11.0 Å². The van der Waals surface area contributed by atoms with E-state index in [1.807, 2.05) is 6.92 Å². The minimum absolute atomic E-state index is 0.0943. The second-order valence-corrected chi connectivity index (χ2v) is 5.23. The Morgan fingerprint density at radius 1 is 1.45 bits per heavy atom. The van der Waals surface area contributed by atoms with Gasteiger partial charge in [-0.2, -0.15) is 0 Å². The molecule has 1 N–H and O–H groups in total. The molecule has 1 aromatic carbocycles. The zero-order valence-electron chi connectivity index (χ0n) is 11.4. The number of rotatable bonds is 6. The Morgan fingerprint density at radius 2 is 2.10 bits per heavy atom. The van der Waals surface area contributed by atoms with Gasteiger partial charge in [0.25, 0.3) is 11.6 Å². The number of amides is 1. The molecule has 0 fully saturated rings. The van der Waals surface area contributed by atoms with Crippen LogP contribution in [-0.2, 0) is 0 Å². The lowest BCUT2D eigenvalue weighted by Crippen LogP contribution is -2.34. The maximum atomic E-state index is 12.3. The summed E-state index contributed by atoms with van der Waals surface area (Å²) in [5, 5.41) is 20.0. The molecule has 1 aromatic rings. The number of benzene rings is 1. The molecule has 0 bridgehead atoms. The first-order valence-electron chi connectivity index (χ1n) is 6.27. The third-order valence-corrected chi connectivity index (χ3v) is 3.73. The normalized spacial score (nSPS) is 10.4. The van der Waals surface area contributed by atoms with E-state index in [-0.39, 0.29) is 30.3 Å². The van der Waals surface area contributed by atoms with Gasteiger partial charge in [0.1, 0.15) is 0 Å². The van der Waals surface area contributed by atoms with Crippen molar-refractivity contribution >= 4 is 27.5 Å². The van der Waals surface area contributed by atoms with E-state index in [1.54, 1.807) is 13.0 Å². The minimum Gasteiger partial charge on any atom is -0.395 e. The van der Waals surface area contributed by atoms with E-state index in [0.717, 1.165) is 6.42 Å². The van der Waals surface area contributed by atoms with E-state index in [2.05, 4.69) is 15.9 Å². The number of hydrogen-bond donors (Lipinski definition) is 1. The molecule has 110 valence electrons. The standard InChI is InChI=1S/C13H17BrN2O4/c1-3-4-15(5-6-17)13(18)10-7-11(14)9(2)12(8-10)16(19)20/h7-8,17H,3-6H2,1-2H3. The number of halogens is 1. The second-order valence-electron chi connectivity index (χ2n) is 4.38. The van der Waals surface area contributed by atoms with Crippen molar-refractivity contribution in [3.05, 3.63) is 37.8 Å². The molecule has 0 saturated carbocycles. The summed E-state index contributed by atoms with van der Waals surface area (Å²) in [6, 6.07) is 2.85. The van der Waals surface area contributed by atoms with Gasteiger partial charge in [-0.25, -0.2) is 0 Å². The maximum absolute atomic E-state index is 12.3. The van der Waals surface area contributed by atoms with Crippen molar-refractivity contribution in [2.75, 3.05) is 19.7 Å². The quantitative estimate of drug-likeness (QED) is 0.634. The zero-order chi connectivity index (χ0) is 15.3. The Kier molecular flexibility index (Phi) is 6.09. The lowest BCUT2D eigenvalue weighted by Gasteiger charge is -2.21. The van der Waals surface area contributed by atoms with Crippen LogP contribution in [0.2, 0.25) is 0 Å². The van der Waals surface area contributed by atoms with Crippen LogP contribution in [0.15, 0.2) is 16.6 Å². The van der Waals surface area contributed by atoms with Crippen molar-refractivity contribution in [3.8, 4) is 0 Å². The van der Waals surface area contributed by atoms with Crippen molar-refractivity contribution in [1.82, 2.24) is 4.90 Å². The predicted molar refractivity (Wildman–Crippen MR) is 78.8 cm³/mol. The Labute approximate surface area is 125 Å². The Balaban J connectivity index is 3.18. The van der Waals surface area contributed by atoms with Crippen LogP contribution < -0.4 is 0 Å². The summed E-state index contributed by atoms with van der Waals surface area (Å²) in [6.07, 6.45) is 0.751. The largest absolute Gasteiger partial charge is 0.395 e. The zero-order valence-corrected chi connectivity index (χ0v) is 13.0. The summed E-state index contributed by atoms with van der Waals surface area (Å²) in [5.41, 5.74) is 0.634. The number of hydrogen-bond acceptors (Lipinski definition) is 4. The highest BCUT2D eigenvalue weighted by Crippen LogP contribution is 2.28. The summed E-state index contributed by atoms with van der Waals surface area (Å²) in [6.45, 7) is 4.12. The molecule has 0 spiro atoms. The van der Waals surface area contributed by atoms with E-state index >= 15 is 0 Å². The van der Waals surface area contributed by atoms with Gasteiger partial charge in [-0.3, -0.25) is 14.9 Å². The molecule has 0 unspecified atom stereocenters. The van der Waals surface area contributed by atoms with Crippen molar-refractivity contribution in [2.24, 2.45) is 0 Å². The van der Waals surface area contributed by atoms with E-state index in [4.69, 9.17) is 5.11 Å². The van der Waals surface area contributed by atoms with Crippen LogP contribution in [-0.4, -0.2) is 40.5 Å². The topological polar surface area (TPSA) is 83.7 Å². The molecule has 6 nitrogen and oxygen atoms in total. The van der Waals surface area contributed by atoms with Gasteiger partial charge in [-0.15, -0.1) is 0 Å². The number of nitro groups is 1. The van der Waals surface area contributed by atoms with Crippen LogP contribution >= 0.6 is 15.9 Å². The van der Waals surface area contributed by atoms with Crippen LogP contribution in [0.25, 0.3) is 0 Å². The molecule has 0 saturated heterocycles. The monoisotopic (exact) mass is 344 g/mol. The number of aliphatic hydroxyl groups excluding tert-OH is 1. The molecule has 0 radical (unpaired) electrons. The molecular formula is C13H17BrN2O4. The van der Waals surface area contributed by atoms with Crippen molar-refractivity contribution in [1.29, 1.82) is 0 Å². The molecule has 0 aliphatic rings. The van der Waals surface area contributed by atoms with Crippen LogP contribution in [0.3, 0.4) is 0 Å². The average Bonchev–Trinajstić information content (AvgIpc) is 2.40. The molecule has 0 aromatic heterocycles. The smallest absolute Gasteiger partial charge is 0.274 e. The first-order chi connectivity index (χ1) is 9.42. The van der Waals surface area contributed by atoms with Gasteiger partial charge in [0.15, 0.2) is 0 Å². The van der Waals surface area contributed by atoms with Crippen LogP contribution in [0, 0.1) is 17.0 Å². The van der Waals surface area contributed by atoms with Crippen molar-refractivity contribution in [3.63, 3.8) is 0 Å². The summed E-state index contributed by atoms with van der Waals surface area (Å²) in [5.74, 6) is -0.315. The summed E-state index contributed by atoms with van der Waals surface area (Å²) < 4.78 is 0.524. The van der Waals surface area contributed by atoms with Crippen LogP contribution in [0.5, 0.6) is 0 Å². The Bertz CT molecular complexity index is 513. The van der Waals surface area contributed by atoms with Gasteiger partial charge in [-0.1, -0.05) is 22.9 Å². The summed E-state index contributed by atoms with van der Waals surface area (Å²) >= 11 is 3.24. The number of nitrogens with zero attached hydrogens (tertiary/aromatic N) is 2. The summed E-state index contributed by atoms with van der Waals surface area (Å²) in [4.78, 5) is 24.3. The highest BCUT2D eigenvalue weighted by Gasteiger charge is 2.21. The Hall–Kier alpha value is -1.47. The molecule has 0 atom stereocenters. The SMILES string of the molecule is CCCN(CCO)C(=O)c1cc(Br)c(C)c([N+](=O)[O-])c1. The fraction of sp³-hybridized carbons (Fsp3) is 0.462. The first-order valence-corrected chi connectivity index (χ1v) is 7.06. The van der Waals surface area contributed by atoms with E-state index in [0.29, 0.717) is 16.6 Å². The predicted octanol–water partition coefficient (Wildman–Crippen LogP) is 2.51. The molecule has 1 rings (SSSR count). The highest BCUT2D eigenvalue weighted by molar-refractivity contribution is 9.10. The van der Waals surface area contributed by atoms with E-state index < -0.39 is 4.92 Å². The number of aliphatic hydroxyl groups is 1. The fourth-order valence-corrected chi connectivity index (χ4v) is 2.32. The second kappa shape index (κ2) is 7.35. The number of carbonyl (C=O) groups excluding carboxylic acids is 1. The van der Waals surface area contributed by atoms with Crippen molar-refractivity contribution < 1.29 is 14.8 Å². The first kappa shape index (κ1) is 16.6.